The van der Waals surface area contributed by atoms with Crippen LogP contribution in [0.25, 0.3) is 10.2 Å². The van der Waals surface area contributed by atoms with Crippen molar-refractivity contribution in [1.29, 1.82) is 0 Å². The molecule has 0 fully saturated rings. The normalized spacial score (nSPS) is 10.7. The van der Waals surface area contributed by atoms with Gasteiger partial charge in [-0.1, -0.05) is 23.9 Å². The summed E-state index contributed by atoms with van der Waals surface area (Å²) in [5.41, 5.74) is 1.76. The molecule has 0 saturated heterocycles. The predicted molar refractivity (Wildman–Crippen MR) is 138 cm³/mol. The second-order valence-corrected chi connectivity index (χ2v) is 9.87. The van der Waals surface area contributed by atoms with Crippen molar-refractivity contribution in [2.24, 2.45) is 0 Å². The molecule has 4 rings (SSSR count). The van der Waals surface area contributed by atoms with E-state index in [4.69, 9.17) is 0 Å². The molecule has 2 amide bonds. The van der Waals surface area contributed by atoms with Crippen LogP contribution < -0.4 is 10.6 Å². The molecule has 12 heteroatoms. The molecule has 36 heavy (non-hydrogen) atoms. The summed E-state index contributed by atoms with van der Waals surface area (Å²) >= 11 is 2.64. The number of carbonyl (C=O) groups excluding carboxylic acids is 2. The highest BCUT2D eigenvalue weighted by Gasteiger charge is 2.21. The lowest BCUT2D eigenvalue weighted by Gasteiger charge is -2.08. The number of amides is 2. The Morgan fingerprint density at radius 1 is 1.03 bits per heavy atom. The molecule has 182 valence electrons. The highest BCUT2D eigenvalue weighted by Crippen LogP contribution is 2.31. The van der Waals surface area contributed by atoms with E-state index < -0.39 is 28.1 Å². The summed E-state index contributed by atoms with van der Waals surface area (Å²) in [5, 5.41) is 25.8. The van der Waals surface area contributed by atoms with Gasteiger partial charge in [0.1, 0.15) is 0 Å². The molecule has 10 nitrogen and oxygen atoms in total. The summed E-state index contributed by atoms with van der Waals surface area (Å²) in [6, 6.07) is 15.6. The van der Waals surface area contributed by atoms with Gasteiger partial charge in [0.05, 0.1) is 32.0 Å². The monoisotopic (exact) mass is 522 g/mol. The molecule has 0 saturated carbocycles. The molecule has 4 aromatic rings. The molecule has 0 aliphatic carbocycles. The third-order valence-electron chi connectivity index (χ3n) is 4.94. The van der Waals surface area contributed by atoms with Crippen molar-refractivity contribution in [3.05, 3.63) is 87.5 Å². The van der Waals surface area contributed by atoms with E-state index in [1.54, 1.807) is 18.2 Å². The van der Waals surface area contributed by atoms with Crippen LogP contribution in [0.5, 0.6) is 0 Å². The maximum absolute atomic E-state index is 12.7. The molecule has 0 bridgehead atoms. The molecular weight excluding hydrogens is 504 g/mol. The van der Waals surface area contributed by atoms with Crippen LogP contribution in [0.1, 0.15) is 26.3 Å². The van der Waals surface area contributed by atoms with Crippen LogP contribution in [0.2, 0.25) is 0 Å². The summed E-state index contributed by atoms with van der Waals surface area (Å²) in [7, 11) is 0. The summed E-state index contributed by atoms with van der Waals surface area (Å²) in [6.07, 6.45) is 0. The number of fused-ring (bicyclic) bond motifs is 1. The minimum atomic E-state index is -1.45. The Bertz CT molecular complexity index is 1520. The smallest absolute Gasteiger partial charge is 0.336 e. The van der Waals surface area contributed by atoms with Crippen molar-refractivity contribution >= 4 is 68.2 Å². The summed E-state index contributed by atoms with van der Waals surface area (Å²) in [4.78, 5) is 51.2. The Kier molecular flexibility index (Phi) is 7.27. The lowest BCUT2D eigenvalue weighted by atomic mass is 10.1. The molecule has 0 spiro atoms. The fraction of sp³-hybridized carbons (Fsp3) is 0.0833. The number of aromatic carboxylic acids is 1. The maximum Gasteiger partial charge on any atom is 0.336 e. The van der Waals surface area contributed by atoms with Crippen LogP contribution >= 0.6 is 23.1 Å². The Labute approximate surface area is 212 Å². The van der Waals surface area contributed by atoms with Gasteiger partial charge in [-0.25, -0.2) is 9.78 Å². The van der Waals surface area contributed by atoms with Crippen LogP contribution in [-0.4, -0.2) is 38.6 Å². The number of nitrogens with zero attached hydrogens (tertiary/aromatic N) is 2. The molecule has 0 atom stereocenters. The van der Waals surface area contributed by atoms with Crippen molar-refractivity contribution in [1.82, 2.24) is 4.98 Å². The largest absolute Gasteiger partial charge is 0.478 e. The number of nitro groups is 1. The van der Waals surface area contributed by atoms with Gasteiger partial charge in [0.15, 0.2) is 4.34 Å². The number of non-ortho nitro benzene ring substituents is 1. The van der Waals surface area contributed by atoms with E-state index >= 15 is 0 Å². The summed E-state index contributed by atoms with van der Waals surface area (Å²) in [5.74, 6) is -2.14. The van der Waals surface area contributed by atoms with E-state index in [1.807, 2.05) is 31.2 Å². The standard InChI is InChI=1S/C24H18N4O6S2/c1-13-3-2-4-14(9-13)25-21(29)12-35-24-27-19-8-5-15(10-20(19)36-24)26-22(30)17-7-6-16(28(33)34)11-18(17)23(31)32/h2-11H,12H2,1H3,(H,25,29)(H,26,30)(H,31,32). The summed E-state index contributed by atoms with van der Waals surface area (Å²) < 4.78 is 1.44. The van der Waals surface area contributed by atoms with Crippen molar-refractivity contribution in [3.63, 3.8) is 0 Å². The molecule has 0 aliphatic heterocycles. The minimum absolute atomic E-state index is 0.157. The van der Waals surface area contributed by atoms with Crippen LogP contribution in [0.4, 0.5) is 17.1 Å². The van der Waals surface area contributed by atoms with Gasteiger partial charge in [-0.3, -0.25) is 19.7 Å². The van der Waals surface area contributed by atoms with E-state index in [9.17, 15) is 29.6 Å². The third-order valence-corrected chi connectivity index (χ3v) is 7.11. The van der Waals surface area contributed by atoms with Gasteiger partial charge in [-0.05, 0) is 48.9 Å². The van der Waals surface area contributed by atoms with Crippen molar-refractivity contribution in [2.45, 2.75) is 11.3 Å². The zero-order chi connectivity index (χ0) is 25.8. The number of carboxylic acid groups (broad SMARTS) is 1. The predicted octanol–water partition coefficient (Wildman–Crippen LogP) is 5.19. The molecule has 0 radical (unpaired) electrons. The first-order valence-electron chi connectivity index (χ1n) is 10.4. The van der Waals surface area contributed by atoms with E-state index in [2.05, 4.69) is 15.6 Å². The zero-order valence-corrected chi connectivity index (χ0v) is 20.3. The number of nitrogens with one attached hydrogen (secondary N) is 2. The molecule has 3 aromatic carbocycles. The fourth-order valence-electron chi connectivity index (χ4n) is 3.31. The van der Waals surface area contributed by atoms with Crippen LogP contribution in [0.15, 0.2) is 65.0 Å². The topological polar surface area (TPSA) is 152 Å². The number of anilines is 2. The van der Waals surface area contributed by atoms with Gasteiger partial charge < -0.3 is 15.7 Å². The van der Waals surface area contributed by atoms with Gasteiger partial charge in [0.2, 0.25) is 5.91 Å². The number of benzene rings is 3. The number of aromatic nitrogens is 1. The van der Waals surface area contributed by atoms with Crippen molar-refractivity contribution in [2.75, 3.05) is 16.4 Å². The first kappa shape index (κ1) is 24.8. The first-order chi connectivity index (χ1) is 17.2. The second kappa shape index (κ2) is 10.5. The number of hydrogen-bond acceptors (Lipinski definition) is 8. The Hall–Kier alpha value is -4.29. The van der Waals surface area contributed by atoms with Gasteiger partial charge in [0.25, 0.3) is 11.6 Å². The number of carbonyl (C=O) groups is 3. The van der Waals surface area contributed by atoms with Gasteiger partial charge >= 0.3 is 5.97 Å². The Morgan fingerprint density at radius 3 is 2.53 bits per heavy atom. The van der Waals surface area contributed by atoms with E-state index in [-0.39, 0.29) is 17.2 Å². The van der Waals surface area contributed by atoms with Gasteiger partial charge in [-0.15, -0.1) is 11.3 Å². The van der Waals surface area contributed by atoms with E-state index in [1.165, 1.54) is 23.1 Å². The average molecular weight is 523 g/mol. The third kappa shape index (κ3) is 5.85. The fourth-order valence-corrected chi connectivity index (χ4v) is 5.22. The van der Waals surface area contributed by atoms with E-state index in [0.717, 1.165) is 34.1 Å². The zero-order valence-electron chi connectivity index (χ0n) is 18.7. The van der Waals surface area contributed by atoms with E-state index in [0.29, 0.717) is 15.5 Å². The number of nitro benzene ring substituents is 1. The van der Waals surface area contributed by atoms with Crippen molar-refractivity contribution < 1.29 is 24.4 Å². The van der Waals surface area contributed by atoms with Crippen LogP contribution in [0.3, 0.4) is 0 Å². The SMILES string of the molecule is Cc1cccc(NC(=O)CSc2nc3ccc(NC(=O)c4ccc([N+](=O)[O-])cc4C(=O)O)cc3s2)c1. The average Bonchev–Trinajstić information content (AvgIpc) is 3.24. The number of aryl methyl sites for hydroxylation is 1. The number of thiazole rings is 1. The lowest BCUT2D eigenvalue weighted by Crippen LogP contribution is -2.16. The van der Waals surface area contributed by atoms with Crippen LogP contribution in [0, 0.1) is 17.0 Å². The number of rotatable bonds is 8. The second-order valence-electron chi connectivity index (χ2n) is 7.61. The maximum atomic E-state index is 12.7. The highest BCUT2D eigenvalue weighted by molar-refractivity contribution is 8.01. The molecule has 1 aromatic heterocycles. The number of thioether (sulfide) groups is 1. The van der Waals surface area contributed by atoms with Gasteiger partial charge in [0, 0.05) is 23.5 Å². The molecule has 3 N–H and O–H groups in total. The lowest BCUT2D eigenvalue weighted by molar-refractivity contribution is -0.384. The minimum Gasteiger partial charge on any atom is -0.478 e. The molecule has 0 aliphatic rings. The van der Waals surface area contributed by atoms with Crippen molar-refractivity contribution in [3.8, 4) is 0 Å². The molecule has 0 unspecified atom stereocenters. The van der Waals surface area contributed by atoms with Crippen LogP contribution in [-0.2, 0) is 4.79 Å². The highest BCUT2D eigenvalue weighted by atomic mass is 32.2. The number of carboxylic acids is 1. The molecule has 1 heterocycles. The number of hydrogen-bond donors (Lipinski definition) is 3. The Morgan fingerprint density at radius 2 is 1.81 bits per heavy atom. The quantitative estimate of drug-likeness (QED) is 0.162. The van der Waals surface area contributed by atoms with Gasteiger partial charge in [-0.2, -0.15) is 0 Å². The summed E-state index contributed by atoms with van der Waals surface area (Å²) in [6.45, 7) is 1.94. The Balaban J connectivity index is 1.44. The first-order valence-corrected chi connectivity index (χ1v) is 12.2. The molecular formula is C24H18N4O6S2.